The summed E-state index contributed by atoms with van der Waals surface area (Å²) < 4.78 is 10.7. The summed E-state index contributed by atoms with van der Waals surface area (Å²) in [5.74, 6) is 2.19. The highest BCUT2D eigenvalue weighted by molar-refractivity contribution is 5.55. The van der Waals surface area contributed by atoms with Crippen LogP contribution < -0.4 is 4.74 Å². The summed E-state index contributed by atoms with van der Waals surface area (Å²) in [6.07, 6.45) is 0.911. The Morgan fingerprint density at radius 3 is 2.41 bits per heavy atom. The Hall–Kier alpha value is -2.62. The van der Waals surface area contributed by atoms with Gasteiger partial charge in [0.2, 0.25) is 11.7 Å². The summed E-state index contributed by atoms with van der Waals surface area (Å²) in [5, 5.41) is 4.11. The summed E-state index contributed by atoms with van der Waals surface area (Å²) in [7, 11) is 1.65. The van der Waals surface area contributed by atoms with E-state index in [4.69, 9.17) is 9.26 Å². The molecule has 3 aromatic rings. The predicted octanol–water partition coefficient (Wildman–Crippen LogP) is 4.29. The van der Waals surface area contributed by atoms with Gasteiger partial charge in [-0.15, -0.1) is 0 Å². The molecule has 1 heterocycles. The van der Waals surface area contributed by atoms with E-state index in [1.165, 1.54) is 5.56 Å². The first-order chi connectivity index (χ1) is 10.8. The Kier molecular flexibility index (Phi) is 4.19. The minimum absolute atomic E-state index is 0.126. The fourth-order valence-electron chi connectivity index (χ4n) is 2.47. The quantitative estimate of drug-likeness (QED) is 0.704. The van der Waals surface area contributed by atoms with Gasteiger partial charge in [0.05, 0.1) is 13.0 Å². The molecule has 0 aliphatic heterocycles. The minimum atomic E-state index is 0.126. The molecule has 1 aromatic heterocycles. The van der Waals surface area contributed by atoms with Gasteiger partial charge in [-0.25, -0.2) is 0 Å². The average Bonchev–Trinajstić information content (AvgIpc) is 3.06. The minimum Gasteiger partial charge on any atom is -0.497 e. The zero-order chi connectivity index (χ0) is 15.4. The summed E-state index contributed by atoms with van der Waals surface area (Å²) in [6.45, 7) is 2.12. The van der Waals surface area contributed by atoms with Crippen molar-refractivity contribution in [1.29, 1.82) is 0 Å². The predicted molar refractivity (Wildman–Crippen MR) is 84.9 cm³/mol. The second-order valence-electron chi connectivity index (χ2n) is 5.06. The van der Waals surface area contributed by atoms with Gasteiger partial charge in [0.1, 0.15) is 5.75 Å². The van der Waals surface area contributed by atoms with E-state index in [2.05, 4.69) is 29.2 Å². The maximum atomic E-state index is 5.49. The molecule has 0 radical (unpaired) electrons. The van der Waals surface area contributed by atoms with Gasteiger partial charge in [-0.2, -0.15) is 4.98 Å². The molecule has 4 nitrogen and oxygen atoms in total. The maximum Gasteiger partial charge on any atom is 0.234 e. The van der Waals surface area contributed by atoms with Crippen LogP contribution >= 0.6 is 0 Å². The van der Waals surface area contributed by atoms with Gasteiger partial charge < -0.3 is 9.26 Å². The Bertz CT molecular complexity index is 720. The zero-order valence-corrected chi connectivity index (χ0v) is 12.7. The summed E-state index contributed by atoms with van der Waals surface area (Å²) >= 11 is 0. The molecule has 0 N–H and O–H groups in total. The Labute approximate surface area is 129 Å². The van der Waals surface area contributed by atoms with Crippen molar-refractivity contribution in [2.24, 2.45) is 0 Å². The molecule has 0 fully saturated rings. The van der Waals surface area contributed by atoms with Crippen LogP contribution in [0.5, 0.6) is 5.75 Å². The number of hydrogen-bond acceptors (Lipinski definition) is 4. The third kappa shape index (κ3) is 2.86. The van der Waals surface area contributed by atoms with E-state index >= 15 is 0 Å². The van der Waals surface area contributed by atoms with Gasteiger partial charge in [-0.05, 0) is 36.2 Å². The zero-order valence-electron chi connectivity index (χ0n) is 12.7. The van der Waals surface area contributed by atoms with Crippen LogP contribution in [0.25, 0.3) is 11.4 Å². The second-order valence-corrected chi connectivity index (χ2v) is 5.06. The highest BCUT2D eigenvalue weighted by atomic mass is 16.5. The Morgan fingerprint density at radius 2 is 1.77 bits per heavy atom. The first kappa shape index (κ1) is 14.3. The fraction of sp³-hybridized carbons (Fsp3) is 0.222. The molecule has 0 unspecified atom stereocenters. The van der Waals surface area contributed by atoms with E-state index in [9.17, 15) is 0 Å². The maximum absolute atomic E-state index is 5.49. The standard InChI is InChI=1S/C18H18N2O2/c1-3-16(13-7-5-4-6-8-13)18-19-17(20-22-18)14-9-11-15(21-2)12-10-14/h4-12,16H,3H2,1-2H3/t16-/m0/s1. The molecule has 0 bridgehead atoms. The third-order valence-corrected chi connectivity index (χ3v) is 3.70. The van der Waals surface area contributed by atoms with E-state index in [1.807, 2.05) is 42.5 Å². The molecule has 0 aliphatic carbocycles. The van der Waals surface area contributed by atoms with Crippen molar-refractivity contribution >= 4 is 0 Å². The van der Waals surface area contributed by atoms with Crippen molar-refractivity contribution in [3.63, 3.8) is 0 Å². The number of aromatic nitrogens is 2. The lowest BCUT2D eigenvalue weighted by Gasteiger charge is -2.09. The molecule has 4 heteroatoms. The van der Waals surface area contributed by atoms with Gasteiger partial charge in [0.25, 0.3) is 0 Å². The summed E-state index contributed by atoms with van der Waals surface area (Å²) in [5.41, 5.74) is 2.11. The number of benzene rings is 2. The van der Waals surface area contributed by atoms with Gasteiger partial charge in [0, 0.05) is 5.56 Å². The number of methoxy groups -OCH3 is 1. The van der Waals surface area contributed by atoms with Crippen LogP contribution in [-0.4, -0.2) is 17.3 Å². The molecule has 3 rings (SSSR count). The van der Waals surface area contributed by atoms with Gasteiger partial charge >= 0.3 is 0 Å². The second kappa shape index (κ2) is 6.43. The number of hydrogen-bond donors (Lipinski definition) is 0. The van der Waals surface area contributed by atoms with Crippen molar-refractivity contribution in [3.8, 4) is 17.1 Å². The largest absolute Gasteiger partial charge is 0.497 e. The number of rotatable bonds is 5. The molecule has 0 aliphatic rings. The molecule has 1 atom stereocenters. The van der Waals surface area contributed by atoms with Gasteiger partial charge in [-0.1, -0.05) is 42.4 Å². The first-order valence-corrected chi connectivity index (χ1v) is 7.34. The number of ether oxygens (including phenoxy) is 1. The lowest BCUT2D eigenvalue weighted by atomic mass is 9.96. The molecule has 112 valence electrons. The molecular formula is C18H18N2O2. The van der Waals surface area contributed by atoms with E-state index in [0.717, 1.165) is 17.7 Å². The number of nitrogens with zero attached hydrogens (tertiary/aromatic N) is 2. The monoisotopic (exact) mass is 294 g/mol. The SMILES string of the molecule is CC[C@@H](c1ccccc1)c1nc(-c2ccc(OC)cc2)no1. The molecular weight excluding hydrogens is 276 g/mol. The smallest absolute Gasteiger partial charge is 0.234 e. The first-order valence-electron chi connectivity index (χ1n) is 7.34. The molecule has 0 saturated heterocycles. The van der Waals surface area contributed by atoms with E-state index in [1.54, 1.807) is 7.11 Å². The third-order valence-electron chi connectivity index (χ3n) is 3.70. The highest BCUT2D eigenvalue weighted by Crippen LogP contribution is 2.28. The van der Waals surface area contributed by atoms with Crippen LogP contribution in [0.4, 0.5) is 0 Å². The van der Waals surface area contributed by atoms with Crippen LogP contribution in [0.3, 0.4) is 0 Å². The molecule has 0 spiro atoms. The molecule has 2 aromatic carbocycles. The van der Waals surface area contributed by atoms with Crippen molar-refractivity contribution in [2.45, 2.75) is 19.3 Å². The normalized spacial score (nSPS) is 12.1. The molecule has 0 amide bonds. The lowest BCUT2D eigenvalue weighted by Crippen LogP contribution is -1.99. The Balaban J connectivity index is 1.88. The van der Waals surface area contributed by atoms with Crippen molar-refractivity contribution in [3.05, 3.63) is 66.1 Å². The van der Waals surface area contributed by atoms with Gasteiger partial charge in [0.15, 0.2) is 0 Å². The van der Waals surface area contributed by atoms with Crippen LogP contribution in [0.15, 0.2) is 59.1 Å². The van der Waals surface area contributed by atoms with E-state index in [0.29, 0.717) is 11.7 Å². The topological polar surface area (TPSA) is 48.2 Å². The van der Waals surface area contributed by atoms with Crippen molar-refractivity contribution in [1.82, 2.24) is 10.1 Å². The van der Waals surface area contributed by atoms with Gasteiger partial charge in [-0.3, -0.25) is 0 Å². The molecule has 22 heavy (non-hydrogen) atoms. The van der Waals surface area contributed by atoms with Crippen molar-refractivity contribution < 1.29 is 9.26 Å². The summed E-state index contributed by atoms with van der Waals surface area (Å²) in [6, 6.07) is 17.9. The van der Waals surface area contributed by atoms with Crippen molar-refractivity contribution in [2.75, 3.05) is 7.11 Å². The Morgan fingerprint density at radius 1 is 1.05 bits per heavy atom. The van der Waals surface area contributed by atoms with Crippen LogP contribution in [0.2, 0.25) is 0 Å². The van der Waals surface area contributed by atoms with Crippen LogP contribution in [0.1, 0.15) is 30.7 Å². The van der Waals surface area contributed by atoms with Crippen LogP contribution in [0, 0.1) is 0 Å². The highest BCUT2D eigenvalue weighted by Gasteiger charge is 2.19. The molecule has 0 saturated carbocycles. The fourth-order valence-corrected chi connectivity index (χ4v) is 2.47. The average molecular weight is 294 g/mol. The van der Waals surface area contributed by atoms with Crippen LogP contribution in [-0.2, 0) is 0 Å². The van der Waals surface area contributed by atoms with E-state index < -0.39 is 0 Å². The summed E-state index contributed by atoms with van der Waals surface area (Å²) in [4.78, 5) is 4.56. The van der Waals surface area contributed by atoms with E-state index in [-0.39, 0.29) is 5.92 Å². The lowest BCUT2D eigenvalue weighted by molar-refractivity contribution is 0.363.